The third-order valence-corrected chi connectivity index (χ3v) is 4.88. The van der Waals surface area contributed by atoms with Gasteiger partial charge in [-0.2, -0.15) is 0 Å². The zero-order chi connectivity index (χ0) is 16.7. The summed E-state index contributed by atoms with van der Waals surface area (Å²) in [5, 5.41) is 10.3. The molecule has 3 nitrogen and oxygen atoms in total. The van der Waals surface area contributed by atoms with Crippen molar-refractivity contribution in [2.75, 3.05) is 0 Å². The van der Waals surface area contributed by atoms with Crippen LogP contribution in [-0.4, -0.2) is 15.6 Å². The number of halogens is 1. The van der Waals surface area contributed by atoms with Crippen LogP contribution in [0.4, 0.5) is 4.39 Å². The minimum Gasteiger partial charge on any atom is -0.478 e. The smallest absolute Gasteiger partial charge is 0.335 e. The third kappa shape index (κ3) is 2.48. The Kier molecular flexibility index (Phi) is 3.60. The highest BCUT2D eigenvalue weighted by Crippen LogP contribution is 2.33. The summed E-state index contributed by atoms with van der Waals surface area (Å²) in [7, 11) is 0. The summed E-state index contributed by atoms with van der Waals surface area (Å²) in [6, 6.07) is 11.9. The molecule has 3 aromatic rings. The van der Waals surface area contributed by atoms with Gasteiger partial charge in [0.2, 0.25) is 0 Å². The summed E-state index contributed by atoms with van der Waals surface area (Å²) in [4.78, 5) is 11.3. The van der Waals surface area contributed by atoms with Crippen molar-refractivity contribution >= 4 is 16.9 Å². The molecule has 0 amide bonds. The first-order valence-electron chi connectivity index (χ1n) is 8.25. The Morgan fingerprint density at radius 2 is 1.83 bits per heavy atom. The first-order chi connectivity index (χ1) is 11.6. The van der Waals surface area contributed by atoms with Crippen molar-refractivity contribution in [1.29, 1.82) is 0 Å². The minimum atomic E-state index is -0.896. The first kappa shape index (κ1) is 14.9. The number of carboxylic acids is 1. The average molecular weight is 323 g/mol. The summed E-state index contributed by atoms with van der Waals surface area (Å²) in [6.07, 6.45) is 4.29. The number of fused-ring (bicyclic) bond motifs is 3. The van der Waals surface area contributed by atoms with Crippen molar-refractivity contribution in [3.05, 3.63) is 70.7 Å². The number of hydrogen-bond donors (Lipinski definition) is 1. The molecule has 4 heteroatoms. The van der Waals surface area contributed by atoms with Gasteiger partial charge < -0.3 is 9.67 Å². The SMILES string of the molecule is O=C(O)c1ccc2c(c1)c1c(n2Cc2ccc(F)cc2)CCCC1. The van der Waals surface area contributed by atoms with Gasteiger partial charge in [-0.15, -0.1) is 0 Å². The fraction of sp³-hybridized carbons (Fsp3) is 0.250. The summed E-state index contributed by atoms with van der Waals surface area (Å²) >= 11 is 0. The van der Waals surface area contributed by atoms with E-state index >= 15 is 0 Å². The van der Waals surface area contributed by atoms with Gasteiger partial charge in [0.05, 0.1) is 5.56 Å². The van der Waals surface area contributed by atoms with Crippen LogP contribution in [0.2, 0.25) is 0 Å². The molecule has 1 aromatic heterocycles. The Morgan fingerprint density at radius 1 is 1.08 bits per heavy atom. The molecule has 0 atom stereocenters. The van der Waals surface area contributed by atoms with Crippen LogP contribution >= 0.6 is 0 Å². The van der Waals surface area contributed by atoms with Crippen LogP contribution in [0.25, 0.3) is 10.9 Å². The van der Waals surface area contributed by atoms with Crippen LogP contribution in [-0.2, 0) is 19.4 Å². The molecule has 122 valence electrons. The zero-order valence-electron chi connectivity index (χ0n) is 13.3. The quantitative estimate of drug-likeness (QED) is 0.776. The second-order valence-electron chi connectivity index (χ2n) is 6.38. The number of nitrogens with zero attached hydrogens (tertiary/aromatic N) is 1. The van der Waals surface area contributed by atoms with E-state index < -0.39 is 5.97 Å². The Balaban J connectivity index is 1.87. The Hall–Kier alpha value is -2.62. The van der Waals surface area contributed by atoms with Crippen molar-refractivity contribution in [3.63, 3.8) is 0 Å². The van der Waals surface area contributed by atoms with Crippen molar-refractivity contribution in [2.24, 2.45) is 0 Å². The molecular formula is C20H18FNO2. The summed E-state index contributed by atoms with van der Waals surface area (Å²) in [5.41, 5.74) is 5.01. The Bertz CT molecular complexity index is 925. The molecule has 1 heterocycles. The zero-order valence-corrected chi connectivity index (χ0v) is 13.3. The topological polar surface area (TPSA) is 42.2 Å². The van der Waals surface area contributed by atoms with Crippen LogP contribution < -0.4 is 0 Å². The number of aromatic carboxylic acids is 1. The molecule has 1 N–H and O–H groups in total. The Labute approximate surface area is 139 Å². The van der Waals surface area contributed by atoms with E-state index in [4.69, 9.17) is 0 Å². The maximum Gasteiger partial charge on any atom is 0.335 e. The van der Waals surface area contributed by atoms with Crippen LogP contribution in [0.1, 0.15) is 40.0 Å². The molecule has 0 saturated carbocycles. The largest absolute Gasteiger partial charge is 0.478 e. The van der Waals surface area contributed by atoms with Gasteiger partial charge in [0.25, 0.3) is 0 Å². The van der Waals surface area contributed by atoms with Crippen LogP contribution in [0, 0.1) is 5.82 Å². The molecule has 0 radical (unpaired) electrons. The third-order valence-electron chi connectivity index (χ3n) is 4.88. The van der Waals surface area contributed by atoms with Gasteiger partial charge in [-0.1, -0.05) is 12.1 Å². The summed E-state index contributed by atoms with van der Waals surface area (Å²) in [5.74, 6) is -1.13. The van der Waals surface area contributed by atoms with Gasteiger partial charge in [-0.3, -0.25) is 0 Å². The van der Waals surface area contributed by atoms with Crippen molar-refractivity contribution < 1.29 is 14.3 Å². The molecule has 24 heavy (non-hydrogen) atoms. The molecule has 0 saturated heterocycles. The van der Waals surface area contributed by atoms with E-state index in [0.29, 0.717) is 12.1 Å². The molecule has 4 rings (SSSR count). The fourth-order valence-electron chi connectivity index (χ4n) is 3.72. The standard InChI is InChI=1S/C20H18FNO2/c21-15-8-5-13(6-9-15)12-22-18-4-2-1-3-16(18)17-11-14(20(23)24)7-10-19(17)22/h5-11H,1-4,12H2,(H,23,24). The van der Waals surface area contributed by atoms with E-state index in [-0.39, 0.29) is 5.82 Å². The summed E-state index contributed by atoms with van der Waals surface area (Å²) < 4.78 is 15.4. The molecule has 0 fully saturated rings. The van der Waals surface area contributed by atoms with E-state index in [9.17, 15) is 14.3 Å². The molecule has 0 bridgehead atoms. The van der Waals surface area contributed by atoms with Crippen molar-refractivity contribution in [3.8, 4) is 0 Å². The predicted octanol–water partition coefficient (Wildman–Crippen LogP) is 4.41. The molecule has 0 unspecified atom stereocenters. The van der Waals surface area contributed by atoms with Crippen molar-refractivity contribution in [1.82, 2.24) is 4.57 Å². The fourth-order valence-corrected chi connectivity index (χ4v) is 3.72. The number of benzene rings is 2. The average Bonchev–Trinajstić information content (AvgIpc) is 2.90. The molecule has 1 aliphatic rings. The number of carboxylic acid groups (broad SMARTS) is 1. The normalized spacial score (nSPS) is 13.9. The molecule has 0 spiro atoms. The van der Waals surface area contributed by atoms with Gasteiger partial charge in [-0.25, -0.2) is 9.18 Å². The van der Waals surface area contributed by atoms with E-state index in [1.54, 1.807) is 12.1 Å². The maximum atomic E-state index is 13.1. The number of aryl methyl sites for hydroxylation is 1. The first-order valence-corrected chi connectivity index (χ1v) is 8.25. The van der Waals surface area contributed by atoms with Crippen molar-refractivity contribution in [2.45, 2.75) is 32.2 Å². The van der Waals surface area contributed by atoms with Gasteiger partial charge >= 0.3 is 5.97 Å². The maximum absolute atomic E-state index is 13.1. The van der Waals surface area contributed by atoms with Gasteiger partial charge in [0, 0.05) is 23.1 Å². The molecule has 2 aromatic carbocycles. The minimum absolute atomic E-state index is 0.232. The molecular weight excluding hydrogens is 305 g/mol. The van der Waals surface area contributed by atoms with Gasteiger partial charge in [0.1, 0.15) is 5.82 Å². The molecule has 1 aliphatic carbocycles. The van der Waals surface area contributed by atoms with E-state index in [0.717, 1.165) is 42.1 Å². The predicted molar refractivity (Wildman–Crippen MR) is 91.0 cm³/mol. The number of aromatic nitrogens is 1. The molecule has 0 aliphatic heterocycles. The highest BCUT2D eigenvalue weighted by Gasteiger charge is 2.21. The highest BCUT2D eigenvalue weighted by atomic mass is 19.1. The highest BCUT2D eigenvalue weighted by molar-refractivity contribution is 5.95. The van der Waals surface area contributed by atoms with E-state index in [2.05, 4.69) is 4.57 Å². The second-order valence-corrected chi connectivity index (χ2v) is 6.38. The lowest BCUT2D eigenvalue weighted by atomic mass is 9.95. The lowest BCUT2D eigenvalue weighted by Gasteiger charge is -2.16. The van der Waals surface area contributed by atoms with E-state index in [1.165, 1.54) is 23.4 Å². The van der Waals surface area contributed by atoms with Crippen LogP contribution in [0.5, 0.6) is 0 Å². The number of rotatable bonds is 3. The van der Waals surface area contributed by atoms with Crippen LogP contribution in [0.3, 0.4) is 0 Å². The monoisotopic (exact) mass is 323 g/mol. The van der Waals surface area contributed by atoms with Gasteiger partial charge in [0.15, 0.2) is 0 Å². The number of carbonyl (C=O) groups is 1. The van der Waals surface area contributed by atoms with E-state index in [1.807, 2.05) is 18.2 Å². The van der Waals surface area contributed by atoms with Crippen LogP contribution in [0.15, 0.2) is 42.5 Å². The second kappa shape index (κ2) is 5.78. The summed E-state index contributed by atoms with van der Waals surface area (Å²) in [6.45, 7) is 0.679. The lowest BCUT2D eigenvalue weighted by molar-refractivity contribution is 0.0697. The van der Waals surface area contributed by atoms with Gasteiger partial charge in [-0.05, 0) is 67.1 Å². The number of hydrogen-bond acceptors (Lipinski definition) is 1. The lowest BCUT2D eigenvalue weighted by Crippen LogP contribution is -2.09. The Morgan fingerprint density at radius 3 is 2.58 bits per heavy atom.